The standard InChI is InChI=1S/C45H32S/c1-45(2)40-24-21-28(27-11-9-12-29(25-27)30-18-10-19-38-34-16-7-8-20-41(34)46-44(30)38)26-39(40)37-23-22-36-33-15-4-3-13-31(33)32-14-5-6-17-35(32)42(36)43(37)45/h3-8,10-11,13-26H,9,12H2,1-2H3. The van der Waals surface area contributed by atoms with Crippen molar-refractivity contribution in [2.24, 2.45) is 0 Å². The zero-order chi connectivity index (χ0) is 30.6. The van der Waals surface area contributed by atoms with Crippen LogP contribution in [0.2, 0.25) is 0 Å². The molecule has 0 spiro atoms. The minimum atomic E-state index is -0.104. The summed E-state index contributed by atoms with van der Waals surface area (Å²) < 4.78 is 2.78. The summed E-state index contributed by atoms with van der Waals surface area (Å²) in [5.41, 5.74) is 11.0. The third-order valence-electron chi connectivity index (χ3n) is 10.7. The predicted molar refractivity (Wildman–Crippen MR) is 201 cm³/mol. The van der Waals surface area contributed by atoms with Crippen molar-refractivity contribution in [3.05, 3.63) is 156 Å². The van der Waals surface area contributed by atoms with Crippen LogP contribution in [0, 0.1) is 0 Å². The lowest BCUT2D eigenvalue weighted by Crippen LogP contribution is -2.15. The van der Waals surface area contributed by atoms with Crippen molar-refractivity contribution in [2.75, 3.05) is 0 Å². The maximum absolute atomic E-state index is 2.48. The van der Waals surface area contributed by atoms with Crippen molar-refractivity contribution in [2.45, 2.75) is 32.1 Å². The van der Waals surface area contributed by atoms with E-state index in [0.29, 0.717) is 0 Å². The normalized spacial score (nSPS) is 15.4. The van der Waals surface area contributed by atoms with Gasteiger partial charge in [-0.25, -0.2) is 0 Å². The van der Waals surface area contributed by atoms with Gasteiger partial charge in [-0.3, -0.25) is 0 Å². The molecule has 2 aliphatic rings. The number of fused-ring (bicyclic) bond motifs is 13. The number of thiophene rings is 1. The molecule has 1 aromatic heterocycles. The summed E-state index contributed by atoms with van der Waals surface area (Å²) in [7, 11) is 0. The Labute approximate surface area is 272 Å². The number of benzene rings is 7. The monoisotopic (exact) mass is 604 g/mol. The molecule has 0 saturated heterocycles. The minimum absolute atomic E-state index is 0.104. The second-order valence-electron chi connectivity index (χ2n) is 13.5. The SMILES string of the molecule is CC1(C)c2ccc(C3=CCCC(c4cccc5c4sc4ccccc45)=C3)cc2-c2ccc3c4ccccc4c4ccccc4c3c21. The topological polar surface area (TPSA) is 0 Å². The van der Waals surface area contributed by atoms with Gasteiger partial charge in [0, 0.05) is 25.6 Å². The molecule has 7 aromatic carbocycles. The molecule has 0 atom stereocenters. The van der Waals surface area contributed by atoms with Crippen molar-refractivity contribution < 1.29 is 0 Å². The molecule has 218 valence electrons. The van der Waals surface area contributed by atoms with Crippen LogP contribution in [0.4, 0.5) is 0 Å². The molecule has 0 N–H and O–H groups in total. The van der Waals surface area contributed by atoms with E-state index in [-0.39, 0.29) is 5.41 Å². The summed E-state index contributed by atoms with van der Waals surface area (Å²) in [6, 6.07) is 45.6. The Hall–Kier alpha value is -4.98. The Morgan fingerprint density at radius 2 is 1.24 bits per heavy atom. The molecule has 10 rings (SSSR count). The average molecular weight is 605 g/mol. The van der Waals surface area contributed by atoms with E-state index < -0.39 is 0 Å². The van der Waals surface area contributed by atoms with Gasteiger partial charge in [0.25, 0.3) is 0 Å². The summed E-state index contributed by atoms with van der Waals surface area (Å²) in [5.74, 6) is 0. The molecule has 0 unspecified atom stereocenters. The molecule has 0 saturated carbocycles. The highest BCUT2D eigenvalue weighted by Gasteiger charge is 2.38. The predicted octanol–water partition coefficient (Wildman–Crippen LogP) is 13.1. The first-order valence-corrected chi connectivity index (χ1v) is 17.2. The Morgan fingerprint density at radius 1 is 0.565 bits per heavy atom. The highest BCUT2D eigenvalue weighted by Crippen LogP contribution is 2.54. The van der Waals surface area contributed by atoms with Crippen LogP contribution in [-0.4, -0.2) is 0 Å². The third-order valence-corrected chi connectivity index (χ3v) is 11.9. The van der Waals surface area contributed by atoms with E-state index in [0.717, 1.165) is 12.8 Å². The van der Waals surface area contributed by atoms with Gasteiger partial charge >= 0.3 is 0 Å². The average Bonchev–Trinajstić information content (AvgIpc) is 3.60. The fourth-order valence-corrected chi connectivity index (χ4v) is 9.86. The summed E-state index contributed by atoms with van der Waals surface area (Å²) in [6.07, 6.45) is 7.04. The fourth-order valence-electron chi connectivity index (χ4n) is 8.61. The third kappa shape index (κ3) is 3.55. The zero-order valence-electron chi connectivity index (χ0n) is 26.0. The van der Waals surface area contributed by atoms with Crippen molar-refractivity contribution in [1.82, 2.24) is 0 Å². The van der Waals surface area contributed by atoms with Crippen LogP contribution in [0.25, 0.3) is 74.8 Å². The molecular formula is C45H32S. The Bertz CT molecular complexity index is 2620. The Balaban J connectivity index is 1.15. The number of hydrogen-bond acceptors (Lipinski definition) is 1. The van der Waals surface area contributed by atoms with Gasteiger partial charge in [-0.2, -0.15) is 0 Å². The van der Waals surface area contributed by atoms with E-state index in [2.05, 4.69) is 147 Å². The van der Waals surface area contributed by atoms with Gasteiger partial charge in [0.15, 0.2) is 0 Å². The van der Waals surface area contributed by atoms with E-state index in [1.54, 1.807) is 0 Å². The molecular weight excluding hydrogens is 573 g/mol. The molecule has 1 heterocycles. The van der Waals surface area contributed by atoms with Crippen molar-refractivity contribution >= 4 is 75.0 Å². The molecule has 0 amide bonds. The molecule has 0 bridgehead atoms. The van der Waals surface area contributed by atoms with Gasteiger partial charge < -0.3 is 0 Å². The molecule has 0 aliphatic heterocycles. The first-order chi connectivity index (χ1) is 22.6. The van der Waals surface area contributed by atoms with Gasteiger partial charge in [-0.15, -0.1) is 11.3 Å². The first kappa shape index (κ1) is 26.3. The van der Waals surface area contributed by atoms with E-state index in [1.165, 1.54) is 97.0 Å². The number of hydrogen-bond donors (Lipinski definition) is 0. The van der Waals surface area contributed by atoms with Crippen LogP contribution in [0.5, 0.6) is 0 Å². The van der Waals surface area contributed by atoms with Gasteiger partial charge in [-0.05, 0) is 102 Å². The summed E-state index contributed by atoms with van der Waals surface area (Å²) >= 11 is 1.93. The van der Waals surface area contributed by atoms with Crippen LogP contribution < -0.4 is 0 Å². The lowest BCUT2D eigenvalue weighted by Gasteiger charge is -2.25. The number of allylic oxidation sites excluding steroid dienone is 4. The summed E-state index contributed by atoms with van der Waals surface area (Å²) in [5, 5.41) is 10.9. The van der Waals surface area contributed by atoms with E-state index in [4.69, 9.17) is 0 Å². The maximum atomic E-state index is 2.48. The molecule has 0 fully saturated rings. The first-order valence-electron chi connectivity index (χ1n) is 16.4. The fraction of sp³-hybridized carbons (Fsp3) is 0.111. The van der Waals surface area contributed by atoms with E-state index >= 15 is 0 Å². The molecule has 8 aromatic rings. The van der Waals surface area contributed by atoms with Crippen molar-refractivity contribution in [3.63, 3.8) is 0 Å². The molecule has 0 radical (unpaired) electrons. The lowest BCUT2D eigenvalue weighted by atomic mass is 9.78. The van der Waals surface area contributed by atoms with Crippen molar-refractivity contribution in [3.8, 4) is 11.1 Å². The highest BCUT2D eigenvalue weighted by atomic mass is 32.1. The summed E-state index contributed by atoms with van der Waals surface area (Å²) in [4.78, 5) is 0. The minimum Gasteiger partial charge on any atom is -0.135 e. The zero-order valence-corrected chi connectivity index (χ0v) is 26.8. The quantitative estimate of drug-likeness (QED) is 0.172. The van der Waals surface area contributed by atoms with Crippen LogP contribution in [0.1, 0.15) is 48.9 Å². The van der Waals surface area contributed by atoms with Gasteiger partial charge in [-0.1, -0.05) is 135 Å². The second kappa shape index (κ2) is 9.52. The van der Waals surface area contributed by atoms with Crippen molar-refractivity contribution in [1.29, 1.82) is 0 Å². The van der Waals surface area contributed by atoms with E-state index in [1.807, 2.05) is 11.3 Å². The van der Waals surface area contributed by atoms with Gasteiger partial charge in [0.1, 0.15) is 0 Å². The van der Waals surface area contributed by atoms with Crippen LogP contribution in [0.3, 0.4) is 0 Å². The van der Waals surface area contributed by atoms with Gasteiger partial charge in [0.05, 0.1) is 0 Å². The Morgan fingerprint density at radius 3 is 2.04 bits per heavy atom. The molecule has 2 aliphatic carbocycles. The maximum Gasteiger partial charge on any atom is 0.0430 e. The Kier molecular flexibility index (Phi) is 5.43. The van der Waals surface area contributed by atoms with Crippen LogP contribution in [0.15, 0.2) is 133 Å². The van der Waals surface area contributed by atoms with Crippen LogP contribution in [-0.2, 0) is 5.41 Å². The van der Waals surface area contributed by atoms with Gasteiger partial charge in [0.2, 0.25) is 0 Å². The van der Waals surface area contributed by atoms with E-state index in [9.17, 15) is 0 Å². The molecule has 0 nitrogen and oxygen atoms in total. The lowest BCUT2D eigenvalue weighted by molar-refractivity contribution is 0.666. The molecule has 46 heavy (non-hydrogen) atoms. The number of rotatable bonds is 2. The smallest absolute Gasteiger partial charge is 0.0430 e. The highest BCUT2D eigenvalue weighted by molar-refractivity contribution is 7.26. The summed E-state index contributed by atoms with van der Waals surface area (Å²) in [6.45, 7) is 4.84. The second-order valence-corrected chi connectivity index (χ2v) is 14.6. The van der Waals surface area contributed by atoms with Crippen LogP contribution >= 0.6 is 11.3 Å². The molecule has 1 heteroatoms. The largest absolute Gasteiger partial charge is 0.135 e.